The van der Waals surface area contributed by atoms with Crippen LogP contribution in [-0.2, 0) is 4.79 Å². The van der Waals surface area contributed by atoms with Gasteiger partial charge in [0.1, 0.15) is 12.1 Å². The summed E-state index contributed by atoms with van der Waals surface area (Å²) in [7, 11) is 0. The summed E-state index contributed by atoms with van der Waals surface area (Å²) in [5.41, 5.74) is 2.84. The highest BCUT2D eigenvalue weighted by Crippen LogP contribution is 2.43. The molecular formula is C20H16ClN5O. The number of nitrogens with zero attached hydrogens (tertiary/aromatic N) is 4. The number of aromatic nitrogens is 4. The molecule has 5 rings (SSSR count). The van der Waals surface area contributed by atoms with Crippen LogP contribution in [0, 0.1) is 5.92 Å². The van der Waals surface area contributed by atoms with E-state index < -0.39 is 0 Å². The van der Waals surface area contributed by atoms with Gasteiger partial charge in [-0.2, -0.15) is 10.1 Å². The molecule has 3 atom stereocenters. The number of allylic oxidation sites excluding steroid dienone is 2. The predicted octanol–water partition coefficient (Wildman–Crippen LogP) is 3.60. The number of hydrogen-bond donors (Lipinski definition) is 1. The van der Waals surface area contributed by atoms with Gasteiger partial charge in [0, 0.05) is 35.5 Å². The van der Waals surface area contributed by atoms with Crippen LogP contribution in [-0.4, -0.2) is 25.5 Å². The first-order valence-corrected chi connectivity index (χ1v) is 9.15. The summed E-state index contributed by atoms with van der Waals surface area (Å²) in [6, 6.07) is 11.3. The van der Waals surface area contributed by atoms with Crippen LogP contribution in [0.4, 0.5) is 5.95 Å². The van der Waals surface area contributed by atoms with Gasteiger partial charge < -0.3 is 5.32 Å². The Kier molecular flexibility index (Phi) is 3.79. The second-order valence-electron chi connectivity index (χ2n) is 6.82. The topological polar surface area (TPSA) is 72.7 Å². The number of hydrogen-bond acceptors (Lipinski definition) is 5. The van der Waals surface area contributed by atoms with Crippen LogP contribution in [0.2, 0.25) is 5.02 Å². The molecule has 0 saturated heterocycles. The smallest absolute Gasteiger partial charge is 0.226 e. The molecule has 0 saturated carbocycles. The van der Waals surface area contributed by atoms with Gasteiger partial charge >= 0.3 is 0 Å². The van der Waals surface area contributed by atoms with Gasteiger partial charge in [-0.15, -0.1) is 0 Å². The number of benzene rings is 1. The SMILES string of the molecule is O=C1C[C@@H](c2cccc(Cl)c2)C=C2Nc3ncnn3[C@H](c3cccnc3)[C@@H]12. The lowest BCUT2D eigenvalue weighted by Crippen LogP contribution is -2.40. The van der Waals surface area contributed by atoms with E-state index in [-0.39, 0.29) is 23.7 Å². The maximum absolute atomic E-state index is 13.2. The molecule has 0 radical (unpaired) electrons. The summed E-state index contributed by atoms with van der Waals surface area (Å²) in [5, 5.41) is 8.32. The summed E-state index contributed by atoms with van der Waals surface area (Å²) in [6.45, 7) is 0. The third-order valence-corrected chi connectivity index (χ3v) is 5.43. The van der Waals surface area contributed by atoms with Crippen molar-refractivity contribution in [2.75, 3.05) is 5.32 Å². The van der Waals surface area contributed by atoms with E-state index in [4.69, 9.17) is 11.6 Å². The molecular weight excluding hydrogens is 362 g/mol. The molecule has 0 fully saturated rings. The first-order chi connectivity index (χ1) is 13.2. The molecule has 134 valence electrons. The molecule has 7 heteroatoms. The second-order valence-corrected chi connectivity index (χ2v) is 7.25. The Morgan fingerprint density at radius 3 is 2.89 bits per heavy atom. The molecule has 1 aliphatic heterocycles. The molecule has 2 aromatic heterocycles. The highest BCUT2D eigenvalue weighted by atomic mass is 35.5. The summed E-state index contributed by atoms with van der Waals surface area (Å²) >= 11 is 6.14. The molecule has 0 amide bonds. The fourth-order valence-electron chi connectivity index (χ4n) is 4.01. The van der Waals surface area contributed by atoms with Gasteiger partial charge in [-0.25, -0.2) is 4.68 Å². The number of Topliss-reactive ketones (excluding diaryl/α,β-unsaturated/α-hetero) is 1. The summed E-state index contributed by atoms with van der Waals surface area (Å²) in [6.07, 6.45) is 7.57. The van der Waals surface area contributed by atoms with Crippen LogP contribution in [0.5, 0.6) is 0 Å². The predicted molar refractivity (Wildman–Crippen MR) is 101 cm³/mol. The van der Waals surface area contributed by atoms with Crippen molar-refractivity contribution in [3.63, 3.8) is 0 Å². The minimum absolute atomic E-state index is 0.0148. The molecule has 0 spiro atoms. The normalized spacial score (nSPS) is 23.8. The van der Waals surface area contributed by atoms with Gasteiger partial charge in [0.05, 0.1) is 12.0 Å². The van der Waals surface area contributed by atoms with Gasteiger partial charge in [-0.3, -0.25) is 9.78 Å². The molecule has 6 nitrogen and oxygen atoms in total. The maximum Gasteiger partial charge on any atom is 0.226 e. The molecule has 3 heterocycles. The number of nitrogens with one attached hydrogen (secondary N) is 1. The second kappa shape index (κ2) is 6.32. The van der Waals surface area contributed by atoms with Gasteiger partial charge in [0.15, 0.2) is 0 Å². The Morgan fingerprint density at radius 2 is 2.07 bits per heavy atom. The van der Waals surface area contributed by atoms with Crippen LogP contribution in [0.1, 0.15) is 29.5 Å². The van der Waals surface area contributed by atoms with E-state index >= 15 is 0 Å². The zero-order valence-corrected chi connectivity index (χ0v) is 15.0. The Morgan fingerprint density at radius 1 is 1.19 bits per heavy atom. The number of halogens is 1. The summed E-state index contributed by atoms with van der Waals surface area (Å²) < 4.78 is 1.77. The zero-order chi connectivity index (χ0) is 18.4. The van der Waals surface area contributed by atoms with E-state index in [9.17, 15) is 4.79 Å². The van der Waals surface area contributed by atoms with Crippen molar-refractivity contribution >= 4 is 23.3 Å². The number of carbonyl (C=O) groups is 1. The van der Waals surface area contributed by atoms with Crippen molar-refractivity contribution in [1.82, 2.24) is 19.7 Å². The number of fused-ring (bicyclic) bond motifs is 2. The number of pyridine rings is 1. The largest absolute Gasteiger partial charge is 0.328 e. The van der Waals surface area contributed by atoms with Crippen molar-refractivity contribution in [2.45, 2.75) is 18.4 Å². The fourth-order valence-corrected chi connectivity index (χ4v) is 4.21. The third-order valence-electron chi connectivity index (χ3n) is 5.19. The zero-order valence-electron chi connectivity index (χ0n) is 14.3. The quantitative estimate of drug-likeness (QED) is 0.738. The molecule has 3 aromatic rings. The van der Waals surface area contributed by atoms with Gasteiger partial charge in [0.25, 0.3) is 0 Å². The molecule has 0 bridgehead atoms. The Hall–Kier alpha value is -2.99. The lowest BCUT2D eigenvalue weighted by molar-refractivity contribution is -0.123. The van der Waals surface area contributed by atoms with Crippen molar-refractivity contribution in [1.29, 1.82) is 0 Å². The molecule has 2 aliphatic rings. The van der Waals surface area contributed by atoms with Crippen molar-refractivity contribution < 1.29 is 4.79 Å². The molecule has 1 aromatic carbocycles. The van der Waals surface area contributed by atoms with Crippen LogP contribution in [0.15, 0.2) is 66.9 Å². The van der Waals surface area contributed by atoms with E-state index in [1.807, 2.05) is 36.4 Å². The fraction of sp³-hybridized carbons (Fsp3) is 0.200. The van der Waals surface area contributed by atoms with Crippen LogP contribution in [0.25, 0.3) is 0 Å². The highest BCUT2D eigenvalue weighted by Gasteiger charge is 2.43. The average Bonchev–Trinajstić information content (AvgIpc) is 3.15. The minimum Gasteiger partial charge on any atom is -0.328 e. The first kappa shape index (κ1) is 16.2. The van der Waals surface area contributed by atoms with Gasteiger partial charge in [0.2, 0.25) is 5.95 Å². The Labute approximate surface area is 160 Å². The third kappa shape index (κ3) is 2.73. The monoisotopic (exact) mass is 377 g/mol. The van der Waals surface area contributed by atoms with Crippen LogP contribution >= 0.6 is 11.6 Å². The first-order valence-electron chi connectivity index (χ1n) is 8.77. The van der Waals surface area contributed by atoms with Gasteiger partial charge in [-0.1, -0.05) is 35.9 Å². The number of rotatable bonds is 2. The van der Waals surface area contributed by atoms with E-state index in [1.54, 1.807) is 17.1 Å². The maximum atomic E-state index is 13.2. The number of carbonyl (C=O) groups excluding carboxylic acids is 1. The van der Waals surface area contributed by atoms with Gasteiger partial charge in [-0.05, 0) is 29.3 Å². The van der Waals surface area contributed by atoms with Crippen LogP contribution in [0.3, 0.4) is 0 Å². The number of ketones is 1. The highest BCUT2D eigenvalue weighted by molar-refractivity contribution is 6.30. The molecule has 0 unspecified atom stereocenters. The minimum atomic E-state index is -0.334. The summed E-state index contributed by atoms with van der Waals surface area (Å²) in [4.78, 5) is 21.7. The van der Waals surface area contributed by atoms with Crippen molar-refractivity contribution in [3.05, 3.63) is 83.0 Å². The van der Waals surface area contributed by atoms with E-state index in [2.05, 4.69) is 26.5 Å². The van der Waals surface area contributed by atoms with E-state index in [0.29, 0.717) is 17.4 Å². The Balaban J connectivity index is 1.62. The molecule has 1 aliphatic carbocycles. The lowest BCUT2D eigenvalue weighted by Gasteiger charge is -2.37. The standard InChI is InChI=1S/C20H16ClN5O/c21-15-5-1-3-12(7-15)14-8-16-18(17(27)9-14)19(13-4-2-6-22-10-13)26-20(25-16)23-11-24-26/h1-8,10-11,14,18-19H,9H2,(H,23,24,25)/t14-,18+,19+/m0/s1. The molecule has 27 heavy (non-hydrogen) atoms. The lowest BCUT2D eigenvalue weighted by atomic mass is 9.76. The van der Waals surface area contributed by atoms with E-state index in [0.717, 1.165) is 16.8 Å². The number of anilines is 1. The molecule has 1 N–H and O–H groups in total. The van der Waals surface area contributed by atoms with Crippen molar-refractivity contribution in [3.8, 4) is 0 Å². The van der Waals surface area contributed by atoms with E-state index in [1.165, 1.54) is 6.33 Å². The van der Waals surface area contributed by atoms with Crippen molar-refractivity contribution in [2.24, 2.45) is 5.92 Å². The Bertz CT molecular complexity index is 1050. The average molecular weight is 378 g/mol. The van der Waals surface area contributed by atoms with Crippen LogP contribution < -0.4 is 5.32 Å². The summed E-state index contributed by atoms with van der Waals surface area (Å²) in [5.74, 6) is 0.448.